The van der Waals surface area contributed by atoms with Crippen molar-refractivity contribution >= 4 is 21.8 Å². The van der Waals surface area contributed by atoms with Crippen molar-refractivity contribution in [1.82, 2.24) is 9.62 Å². The van der Waals surface area contributed by atoms with Crippen molar-refractivity contribution in [1.29, 1.82) is 0 Å². The predicted octanol–water partition coefficient (Wildman–Crippen LogP) is 3.68. The molecule has 2 amide bonds. The Balaban J connectivity index is 1.69. The Morgan fingerprint density at radius 2 is 1.61 bits per heavy atom. The molecule has 1 atom stereocenters. The van der Waals surface area contributed by atoms with Gasteiger partial charge in [-0.1, -0.05) is 60.2 Å². The van der Waals surface area contributed by atoms with Crippen LogP contribution in [0.2, 0.25) is 0 Å². The molecule has 158 valence electrons. The highest BCUT2D eigenvalue weighted by Crippen LogP contribution is 2.31. The number of hydrogen-bond acceptors (Lipinski definition) is 4. The van der Waals surface area contributed by atoms with Gasteiger partial charge in [-0.25, -0.2) is 12.7 Å². The van der Waals surface area contributed by atoms with Gasteiger partial charge in [0, 0.05) is 12.1 Å². The number of nitrogens with zero attached hydrogens (tertiary/aromatic N) is 1. The average molecular weight is 435 g/mol. The van der Waals surface area contributed by atoms with Gasteiger partial charge in [0.05, 0.1) is 11.6 Å². The first-order chi connectivity index (χ1) is 14.8. The molecule has 0 radical (unpaired) electrons. The maximum absolute atomic E-state index is 13.1. The third-order valence-electron chi connectivity index (χ3n) is 5.38. The van der Waals surface area contributed by atoms with E-state index in [1.54, 1.807) is 6.92 Å². The standard InChI is InChI=1S/C24H22N2O4S/c1-3-26-24(28)20-14-13-19(15-21(20)31(26,29)30)23(27)25-22(17-7-5-4-6-8-17)18-11-9-16(2)10-12-18/h4-15,22H,3H2,1-2H3,(H,25,27). The largest absolute Gasteiger partial charge is 0.341 e. The molecule has 31 heavy (non-hydrogen) atoms. The van der Waals surface area contributed by atoms with Gasteiger partial charge in [0.25, 0.3) is 21.8 Å². The number of amides is 2. The second-order valence-corrected chi connectivity index (χ2v) is 9.24. The molecule has 4 rings (SSSR count). The second-order valence-electron chi connectivity index (χ2n) is 7.41. The van der Waals surface area contributed by atoms with Crippen molar-refractivity contribution < 1.29 is 18.0 Å². The molecule has 6 nitrogen and oxygen atoms in total. The summed E-state index contributed by atoms with van der Waals surface area (Å²) in [5.74, 6) is -0.985. The molecule has 1 aliphatic rings. The van der Waals surface area contributed by atoms with Crippen LogP contribution in [0.25, 0.3) is 0 Å². The van der Waals surface area contributed by atoms with E-state index in [4.69, 9.17) is 0 Å². The van der Waals surface area contributed by atoms with Gasteiger partial charge in [-0.15, -0.1) is 0 Å². The number of carbonyl (C=O) groups excluding carboxylic acids is 2. The van der Waals surface area contributed by atoms with Crippen molar-refractivity contribution in [2.75, 3.05) is 6.54 Å². The normalized spacial score (nSPS) is 15.4. The fourth-order valence-corrected chi connectivity index (χ4v) is 5.31. The highest BCUT2D eigenvalue weighted by molar-refractivity contribution is 7.90. The van der Waals surface area contributed by atoms with Crippen molar-refractivity contribution in [3.05, 3.63) is 101 Å². The van der Waals surface area contributed by atoms with Gasteiger partial charge < -0.3 is 5.32 Å². The van der Waals surface area contributed by atoms with Gasteiger partial charge in [0.1, 0.15) is 4.90 Å². The molecule has 1 N–H and O–H groups in total. The van der Waals surface area contributed by atoms with Gasteiger partial charge in [0.15, 0.2) is 0 Å². The second kappa shape index (κ2) is 8.00. The summed E-state index contributed by atoms with van der Waals surface area (Å²) in [4.78, 5) is 25.3. The summed E-state index contributed by atoms with van der Waals surface area (Å²) in [7, 11) is -3.94. The number of rotatable bonds is 5. The van der Waals surface area contributed by atoms with E-state index < -0.39 is 27.9 Å². The van der Waals surface area contributed by atoms with Crippen molar-refractivity contribution in [2.45, 2.75) is 24.8 Å². The van der Waals surface area contributed by atoms with Gasteiger partial charge >= 0.3 is 0 Å². The zero-order valence-corrected chi connectivity index (χ0v) is 18.0. The first-order valence-corrected chi connectivity index (χ1v) is 11.4. The Morgan fingerprint density at radius 3 is 2.26 bits per heavy atom. The number of benzene rings is 3. The summed E-state index contributed by atoms with van der Waals surface area (Å²) < 4.78 is 26.2. The molecular formula is C24H22N2O4S. The molecular weight excluding hydrogens is 412 g/mol. The van der Waals surface area contributed by atoms with Crippen LogP contribution in [0.4, 0.5) is 0 Å². The number of nitrogens with one attached hydrogen (secondary N) is 1. The quantitative estimate of drug-likeness (QED) is 0.664. The molecule has 0 fully saturated rings. The zero-order valence-electron chi connectivity index (χ0n) is 17.2. The van der Waals surface area contributed by atoms with Crippen molar-refractivity contribution in [3.8, 4) is 0 Å². The summed E-state index contributed by atoms with van der Waals surface area (Å²) >= 11 is 0. The van der Waals surface area contributed by atoms with Crippen LogP contribution >= 0.6 is 0 Å². The van der Waals surface area contributed by atoms with Crippen LogP contribution in [0.1, 0.15) is 50.4 Å². The van der Waals surface area contributed by atoms with Crippen molar-refractivity contribution in [2.24, 2.45) is 0 Å². The average Bonchev–Trinajstić information content (AvgIpc) is 2.97. The van der Waals surface area contributed by atoms with Crippen molar-refractivity contribution in [3.63, 3.8) is 0 Å². The lowest BCUT2D eigenvalue weighted by molar-refractivity contribution is 0.0874. The smallest absolute Gasteiger partial charge is 0.268 e. The molecule has 1 unspecified atom stereocenters. The van der Waals surface area contributed by atoms with Gasteiger partial charge in [0.2, 0.25) is 0 Å². The molecule has 1 heterocycles. The lowest BCUT2D eigenvalue weighted by Gasteiger charge is -2.20. The number of fused-ring (bicyclic) bond motifs is 1. The van der Waals surface area contributed by atoms with E-state index in [-0.39, 0.29) is 22.6 Å². The Hall–Kier alpha value is -3.45. The van der Waals surface area contributed by atoms with E-state index in [0.29, 0.717) is 0 Å². The lowest BCUT2D eigenvalue weighted by Crippen LogP contribution is -2.30. The summed E-state index contributed by atoms with van der Waals surface area (Å²) in [6, 6.07) is 21.2. The molecule has 3 aromatic rings. The van der Waals surface area contributed by atoms with Crippen LogP contribution in [0.5, 0.6) is 0 Å². The van der Waals surface area contributed by atoms with Crippen LogP contribution < -0.4 is 5.32 Å². The molecule has 0 bridgehead atoms. The highest BCUT2D eigenvalue weighted by atomic mass is 32.2. The van der Waals surface area contributed by atoms with Crippen LogP contribution in [0.3, 0.4) is 0 Å². The molecule has 0 saturated heterocycles. The molecule has 7 heteroatoms. The number of carbonyl (C=O) groups is 2. The Morgan fingerprint density at radius 1 is 0.968 bits per heavy atom. The number of hydrogen-bond donors (Lipinski definition) is 1. The fraction of sp³-hybridized carbons (Fsp3) is 0.167. The fourth-order valence-electron chi connectivity index (χ4n) is 3.71. The summed E-state index contributed by atoms with van der Waals surface area (Å²) in [5, 5.41) is 3.01. The Kier molecular flexibility index (Phi) is 5.37. The maximum Gasteiger partial charge on any atom is 0.268 e. The number of sulfonamides is 1. The van der Waals surface area contributed by atoms with Gasteiger partial charge in [-0.3, -0.25) is 9.59 Å². The minimum Gasteiger partial charge on any atom is -0.341 e. The van der Waals surface area contributed by atoms with E-state index in [2.05, 4.69) is 5.32 Å². The summed E-state index contributed by atoms with van der Waals surface area (Å²) in [6.07, 6.45) is 0. The summed E-state index contributed by atoms with van der Waals surface area (Å²) in [6.45, 7) is 3.63. The SMILES string of the molecule is CCN1C(=O)c2ccc(C(=O)NC(c3ccccc3)c3ccc(C)cc3)cc2S1(=O)=O. The third-order valence-corrected chi connectivity index (χ3v) is 7.27. The van der Waals surface area contributed by atoms with E-state index in [1.165, 1.54) is 18.2 Å². The van der Waals surface area contributed by atoms with E-state index >= 15 is 0 Å². The van der Waals surface area contributed by atoms with E-state index in [9.17, 15) is 18.0 Å². The minimum atomic E-state index is -3.94. The van der Waals surface area contributed by atoms with Crippen LogP contribution in [0.15, 0.2) is 77.7 Å². The molecule has 0 saturated carbocycles. The Labute approximate surface area is 181 Å². The topological polar surface area (TPSA) is 83.6 Å². The third kappa shape index (κ3) is 3.72. The molecule has 0 aromatic heterocycles. The lowest BCUT2D eigenvalue weighted by atomic mass is 9.97. The van der Waals surface area contributed by atoms with Crippen LogP contribution in [0, 0.1) is 6.92 Å². The number of aryl methyl sites for hydroxylation is 1. The van der Waals surface area contributed by atoms with Crippen LogP contribution in [-0.4, -0.2) is 31.1 Å². The molecule has 0 spiro atoms. The first-order valence-electron chi connectivity index (χ1n) is 9.96. The zero-order chi connectivity index (χ0) is 22.2. The highest BCUT2D eigenvalue weighted by Gasteiger charge is 2.40. The monoisotopic (exact) mass is 434 g/mol. The molecule has 3 aromatic carbocycles. The summed E-state index contributed by atoms with van der Waals surface area (Å²) in [5.41, 5.74) is 3.20. The van der Waals surface area contributed by atoms with E-state index in [1.807, 2.05) is 61.5 Å². The van der Waals surface area contributed by atoms with Crippen LogP contribution in [-0.2, 0) is 10.0 Å². The molecule has 0 aliphatic carbocycles. The Bertz CT molecular complexity index is 1250. The van der Waals surface area contributed by atoms with Gasteiger partial charge in [-0.2, -0.15) is 0 Å². The predicted molar refractivity (Wildman–Crippen MR) is 117 cm³/mol. The van der Waals surface area contributed by atoms with Gasteiger partial charge in [-0.05, 0) is 43.2 Å². The maximum atomic E-state index is 13.1. The van der Waals surface area contributed by atoms with E-state index in [0.717, 1.165) is 21.0 Å². The minimum absolute atomic E-state index is 0.0425. The molecule has 1 aliphatic heterocycles. The first kappa shape index (κ1) is 20.8.